The summed E-state index contributed by atoms with van der Waals surface area (Å²) in [6.45, 7) is 2.31. The average Bonchev–Trinajstić information content (AvgIpc) is 2.60. The zero-order chi connectivity index (χ0) is 17.9. The number of benzene rings is 1. The van der Waals surface area contributed by atoms with Crippen LogP contribution in [0.1, 0.15) is 11.1 Å². The van der Waals surface area contributed by atoms with Gasteiger partial charge in [0, 0.05) is 36.0 Å². The second-order valence-corrected chi connectivity index (χ2v) is 6.60. The highest BCUT2D eigenvalue weighted by molar-refractivity contribution is 9.10. The quantitative estimate of drug-likeness (QED) is 0.806. The molecule has 1 aliphatic rings. The van der Waals surface area contributed by atoms with E-state index in [9.17, 15) is 13.2 Å². The van der Waals surface area contributed by atoms with E-state index in [-0.39, 0.29) is 12.1 Å². The lowest BCUT2D eigenvalue weighted by Crippen LogP contribution is -2.36. The number of rotatable bonds is 4. The van der Waals surface area contributed by atoms with Gasteiger partial charge in [-0.15, -0.1) is 0 Å². The second-order valence-electron chi connectivity index (χ2n) is 5.68. The first-order valence-electron chi connectivity index (χ1n) is 7.81. The van der Waals surface area contributed by atoms with E-state index >= 15 is 0 Å². The van der Waals surface area contributed by atoms with Crippen molar-refractivity contribution in [1.82, 2.24) is 4.98 Å². The topological polar surface area (TPSA) is 37.4 Å². The molecule has 1 N–H and O–H groups in total. The Balaban J connectivity index is 1.82. The molecule has 0 atom stereocenters. The first kappa shape index (κ1) is 18.0. The van der Waals surface area contributed by atoms with E-state index in [0.717, 1.165) is 4.47 Å². The number of nitrogens with zero attached hydrogens (tertiary/aromatic N) is 2. The molecule has 0 bridgehead atoms. The predicted molar refractivity (Wildman–Crippen MR) is 93.7 cm³/mol. The molecule has 25 heavy (non-hydrogen) atoms. The fourth-order valence-electron chi connectivity index (χ4n) is 2.71. The highest BCUT2D eigenvalue weighted by Crippen LogP contribution is 2.35. The van der Waals surface area contributed by atoms with Crippen LogP contribution in [0.2, 0.25) is 0 Å². The summed E-state index contributed by atoms with van der Waals surface area (Å²) >= 11 is 3.29. The van der Waals surface area contributed by atoms with Crippen molar-refractivity contribution >= 4 is 27.3 Å². The largest absolute Gasteiger partial charge is 0.416 e. The summed E-state index contributed by atoms with van der Waals surface area (Å²) in [5, 5.41) is 2.99. The molecule has 0 unspecified atom stereocenters. The third kappa shape index (κ3) is 4.64. The predicted octanol–water partition coefficient (Wildman–Crippen LogP) is 4.31. The number of ether oxygens (including phenoxy) is 1. The van der Waals surface area contributed by atoms with Crippen LogP contribution in [-0.4, -0.2) is 31.3 Å². The van der Waals surface area contributed by atoms with E-state index < -0.39 is 11.7 Å². The van der Waals surface area contributed by atoms with E-state index in [1.54, 1.807) is 24.5 Å². The molecule has 1 saturated heterocycles. The number of halogens is 4. The summed E-state index contributed by atoms with van der Waals surface area (Å²) in [7, 11) is 0. The zero-order valence-electron chi connectivity index (χ0n) is 13.3. The minimum absolute atomic E-state index is 0.0658. The molecule has 0 amide bonds. The SMILES string of the molecule is FC(F)(F)c1cc(N2CCOCC2)ccc1CNc1cncc(Br)c1. The number of hydrogen-bond acceptors (Lipinski definition) is 4. The average molecular weight is 416 g/mol. The van der Waals surface area contributed by atoms with Gasteiger partial charge in [0.15, 0.2) is 0 Å². The second kappa shape index (κ2) is 7.61. The Bertz CT molecular complexity index is 733. The Labute approximate surface area is 152 Å². The fraction of sp³-hybridized carbons (Fsp3) is 0.353. The van der Waals surface area contributed by atoms with E-state index in [0.29, 0.717) is 37.7 Å². The van der Waals surface area contributed by atoms with Gasteiger partial charge in [-0.1, -0.05) is 6.07 Å². The normalized spacial score (nSPS) is 15.3. The third-order valence-electron chi connectivity index (χ3n) is 3.96. The zero-order valence-corrected chi connectivity index (χ0v) is 14.9. The lowest BCUT2D eigenvalue weighted by molar-refractivity contribution is -0.138. The van der Waals surface area contributed by atoms with Crippen molar-refractivity contribution < 1.29 is 17.9 Å². The van der Waals surface area contributed by atoms with Crippen molar-refractivity contribution in [2.45, 2.75) is 12.7 Å². The minimum atomic E-state index is -4.41. The minimum Gasteiger partial charge on any atom is -0.380 e. The van der Waals surface area contributed by atoms with Crippen LogP contribution in [0.5, 0.6) is 0 Å². The van der Waals surface area contributed by atoms with Crippen molar-refractivity contribution in [1.29, 1.82) is 0 Å². The van der Waals surface area contributed by atoms with Crippen molar-refractivity contribution in [2.24, 2.45) is 0 Å². The van der Waals surface area contributed by atoms with Crippen LogP contribution >= 0.6 is 15.9 Å². The van der Waals surface area contributed by atoms with Crippen LogP contribution in [0.15, 0.2) is 41.1 Å². The molecule has 134 valence electrons. The van der Waals surface area contributed by atoms with Crippen molar-refractivity contribution in [3.8, 4) is 0 Å². The van der Waals surface area contributed by atoms with Crippen LogP contribution in [0.4, 0.5) is 24.5 Å². The molecule has 0 spiro atoms. The number of anilines is 2. The molecule has 2 aromatic rings. The maximum Gasteiger partial charge on any atom is 0.416 e. The molecule has 1 aliphatic heterocycles. The highest BCUT2D eigenvalue weighted by Gasteiger charge is 2.34. The Morgan fingerprint density at radius 3 is 2.60 bits per heavy atom. The molecule has 3 rings (SSSR count). The lowest BCUT2D eigenvalue weighted by Gasteiger charge is -2.29. The number of aromatic nitrogens is 1. The molecule has 2 heterocycles. The van der Waals surface area contributed by atoms with E-state index in [1.807, 2.05) is 4.90 Å². The van der Waals surface area contributed by atoms with Crippen LogP contribution < -0.4 is 10.2 Å². The summed E-state index contributed by atoms with van der Waals surface area (Å²) in [6, 6.07) is 6.26. The maximum atomic E-state index is 13.5. The molecule has 8 heteroatoms. The van der Waals surface area contributed by atoms with Gasteiger partial charge in [-0.05, 0) is 39.7 Å². The van der Waals surface area contributed by atoms with Gasteiger partial charge in [0.1, 0.15) is 0 Å². The summed E-state index contributed by atoms with van der Waals surface area (Å²) in [5.41, 5.74) is 0.805. The molecular formula is C17H17BrF3N3O. The number of pyridine rings is 1. The Morgan fingerprint density at radius 1 is 1.16 bits per heavy atom. The van der Waals surface area contributed by atoms with E-state index in [4.69, 9.17) is 4.74 Å². The van der Waals surface area contributed by atoms with Gasteiger partial charge in [0.05, 0.1) is 30.7 Å². The standard InChI is InChI=1S/C17H17BrF3N3O/c18-13-7-14(11-22-10-13)23-9-12-1-2-15(8-16(12)17(19,20)21)24-3-5-25-6-4-24/h1-2,7-8,10-11,23H,3-6,9H2. The van der Waals surface area contributed by atoms with Crippen molar-refractivity contribution in [3.63, 3.8) is 0 Å². The van der Waals surface area contributed by atoms with Gasteiger partial charge in [-0.2, -0.15) is 13.2 Å². The molecule has 1 aromatic carbocycles. The molecule has 0 aliphatic carbocycles. The van der Waals surface area contributed by atoms with Crippen LogP contribution in [0, 0.1) is 0 Å². The first-order chi connectivity index (χ1) is 11.9. The number of nitrogens with one attached hydrogen (secondary N) is 1. The summed E-state index contributed by atoms with van der Waals surface area (Å²) in [4.78, 5) is 5.90. The van der Waals surface area contributed by atoms with Gasteiger partial charge < -0.3 is 15.0 Å². The summed E-state index contributed by atoms with van der Waals surface area (Å²) in [6.07, 6.45) is -1.22. The maximum absolute atomic E-state index is 13.5. The van der Waals surface area contributed by atoms with Gasteiger partial charge in [-0.3, -0.25) is 4.98 Å². The summed E-state index contributed by atoms with van der Waals surface area (Å²) in [5.74, 6) is 0. The molecule has 1 aromatic heterocycles. The highest BCUT2D eigenvalue weighted by atomic mass is 79.9. The molecule has 0 saturated carbocycles. The Hall–Kier alpha value is -1.80. The number of morpholine rings is 1. The van der Waals surface area contributed by atoms with E-state index in [1.165, 1.54) is 12.1 Å². The monoisotopic (exact) mass is 415 g/mol. The number of hydrogen-bond donors (Lipinski definition) is 1. The fourth-order valence-corrected chi connectivity index (χ4v) is 3.07. The van der Waals surface area contributed by atoms with Crippen LogP contribution in [0.25, 0.3) is 0 Å². The van der Waals surface area contributed by atoms with Crippen LogP contribution in [0.3, 0.4) is 0 Å². The van der Waals surface area contributed by atoms with Crippen LogP contribution in [-0.2, 0) is 17.5 Å². The Kier molecular flexibility index (Phi) is 5.48. The smallest absolute Gasteiger partial charge is 0.380 e. The molecular weight excluding hydrogens is 399 g/mol. The van der Waals surface area contributed by atoms with Crippen molar-refractivity contribution in [3.05, 3.63) is 52.3 Å². The molecule has 0 radical (unpaired) electrons. The summed E-state index contributed by atoms with van der Waals surface area (Å²) < 4.78 is 46.5. The van der Waals surface area contributed by atoms with E-state index in [2.05, 4.69) is 26.2 Å². The third-order valence-corrected chi connectivity index (χ3v) is 4.40. The first-order valence-corrected chi connectivity index (χ1v) is 8.60. The van der Waals surface area contributed by atoms with Gasteiger partial charge in [0.25, 0.3) is 0 Å². The number of alkyl halides is 3. The van der Waals surface area contributed by atoms with Gasteiger partial charge >= 0.3 is 6.18 Å². The van der Waals surface area contributed by atoms with Gasteiger partial charge in [-0.25, -0.2) is 0 Å². The Morgan fingerprint density at radius 2 is 1.92 bits per heavy atom. The molecule has 4 nitrogen and oxygen atoms in total. The molecule has 1 fully saturated rings. The van der Waals surface area contributed by atoms with Crippen molar-refractivity contribution in [2.75, 3.05) is 36.5 Å². The van der Waals surface area contributed by atoms with Gasteiger partial charge in [0.2, 0.25) is 0 Å². The lowest BCUT2D eigenvalue weighted by atomic mass is 10.0.